The molecule has 1 saturated heterocycles. The molecule has 1 amide bonds. The first-order valence-corrected chi connectivity index (χ1v) is 8.96. The minimum Gasteiger partial charge on any atom is -0.371 e. The van der Waals surface area contributed by atoms with E-state index in [9.17, 15) is 4.79 Å². The fourth-order valence-electron chi connectivity index (χ4n) is 3.17. The Labute approximate surface area is 149 Å². The number of nitrogens with zero attached hydrogens (tertiary/aromatic N) is 1. The minimum absolute atomic E-state index is 0.00726. The molecular formula is C21H26N2O2. The number of rotatable bonds is 6. The molecule has 1 atom stereocenters. The quantitative estimate of drug-likeness (QED) is 0.823. The zero-order valence-corrected chi connectivity index (χ0v) is 14.8. The molecule has 2 aromatic rings. The molecule has 1 fully saturated rings. The number of hydrogen-bond donors (Lipinski definition) is 1. The highest BCUT2D eigenvalue weighted by Gasteiger charge is 2.21. The molecule has 1 aliphatic heterocycles. The van der Waals surface area contributed by atoms with Crippen LogP contribution in [-0.4, -0.2) is 43.6 Å². The van der Waals surface area contributed by atoms with Crippen LogP contribution in [0.3, 0.4) is 0 Å². The lowest BCUT2D eigenvalue weighted by atomic mass is 10.1. The van der Waals surface area contributed by atoms with Gasteiger partial charge in [0.15, 0.2) is 0 Å². The van der Waals surface area contributed by atoms with Crippen LogP contribution in [0, 0.1) is 6.92 Å². The van der Waals surface area contributed by atoms with Crippen molar-refractivity contribution in [2.75, 3.05) is 32.8 Å². The lowest BCUT2D eigenvalue weighted by molar-refractivity contribution is -0.0301. The van der Waals surface area contributed by atoms with Crippen molar-refractivity contribution in [3.05, 3.63) is 71.3 Å². The Morgan fingerprint density at radius 2 is 2.04 bits per heavy atom. The summed E-state index contributed by atoms with van der Waals surface area (Å²) in [5.41, 5.74) is 3.07. The second-order valence-electron chi connectivity index (χ2n) is 6.55. The summed E-state index contributed by atoms with van der Waals surface area (Å²) in [6.45, 7) is 6.29. The zero-order chi connectivity index (χ0) is 17.5. The number of benzene rings is 2. The summed E-state index contributed by atoms with van der Waals surface area (Å²) in [7, 11) is 0. The largest absolute Gasteiger partial charge is 0.371 e. The average Bonchev–Trinajstić information content (AvgIpc) is 2.66. The van der Waals surface area contributed by atoms with Gasteiger partial charge in [0.1, 0.15) is 0 Å². The van der Waals surface area contributed by atoms with Crippen molar-refractivity contribution in [3.63, 3.8) is 0 Å². The van der Waals surface area contributed by atoms with E-state index in [1.807, 2.05) is 37.3 Å². The molecule has 132 valence electrons. The van der Waals surface area contributed by atoms with Gasteiger partial charge in [-0.2, -0.15) is 0 Å². The van der Waals surface area contributed by atoms with Gasteiger partial charge in [0.05, 0.1) is 12.7 Å². The summed E-state index contributed by atoms with van der Waals surface area (Å²) < 4.78 is 5.90. The van der Waals surface area contributed by atoms with Crippen molar-refractivity contribution in [3.8, 4) is 0 Å². The van der Waals surface area contributed by atoms with Crippen molar-refractivity contribution in [2.45, 2.75) is 19.4 Å². The number of ether oxygens (including phenoxy) is 1. The monoisotopic (exact) mass is 338 g/mol. The van der Waals surface area contributed by atoms with Crippen LogP contribution in [0.1, 0.15) is 34.0 Å². The summed E-state index contributed by atoms with van der Waals surface area (Å²) >= 11 is 0. The number of carbonyl (C=O) groups is 1. The molecule has 1 N–H and O–H groups in total. The Bertz CT molecular complexity index is 687. The van der Waals surface area contributed by atoms with Gasteiger partial charge in [-0.3, -0.25) is 9.69 Å². The molecule has 0 spiro atoms. The summed E-state index contributed by atoms with van der Waals surface area (Å²) in [4.78, 5) is 14.6. The van der Waals surface area contributed by atoms with Gasteiger partial charge in [0.25, 0.3) is 5.91 Å². The Morgan fingerprint density at radius 3 is 2.84 bits per heavy atom. The lowest BCUT2D eigenvalue weighted by Crippen LogP contribution is -2.39. The van der Waals surface area contributed by atoms with E-state index >= 15 is 0 Å². The Hall–Kier alpha value is -2.17. The fraction of sp³-hybridized carbons (Fsp3) is 0.381. The topological polar surface area (TPSA) is 41.6 Å². The predicted molar refractivity (Wildman–Crippen MR) is 99.7 cm³/mol. The number of nitrogens with one attached hydrogen (secondary N) is 1. The Balaban J connectivity index is 1.41. The number of carbonyl (C=O) groups excluding carboxylic acids is 1. The van der Waals surface area contributed by atoms with Crippen LogP contribution in [0.2, 0.25) is 0 Å². The van der Waals surface area contributed by atoms with Gasteiger partial charge >= 0.3 is 0 Å². The first-order chi connectivity index (χ1) is 12.2. The number of hydrogen-bond acceptors (Lipinski definition) is 3. The van der Waals surface area contributed by atoms with Gasteiger partial charge in [-0.05, 0) is 31.0 Å². The molecule has 0 radical (unpaired) electrons. The van der Waals surface area contributed by atoms with E-state index in [2.05, 4.69) is 34.5 Å². The smallest absolute Gasteiger partial charge is 0.251 e. The molecule has 1 heterocycles. The second-order valence-corrected chi connectivity index (χ2v) is 6.55. The molecule has 3 rings (SSSR count). The van der Waals surface area contributed by atoms with Crippen molar-refractivity contribution >= 4 is 5.91 Å². The van der Waals surface area contributed by atoms with Crippen molar-refractivity contribution < 1.29 is 9.53 Å². The molecule has 1 aliphatic rings. The van der Waals surface area contributed by atoms with Gasteiger partial charge in [0, 0.05) is 31.7 Å². The molecule has 2 aromatic carbocycles. The van der Waals surface area contributed by atoms with Gasteiger partial charge in [-0.25, -0.2) is 0 Å². The summed E-state index contributed by atoms with van der Waals surface area (Å²) in [6.07, 6.45) is 1.09. The maximum absolute atomic E-state index is 12.1. The van der Waals surface area contributed by atoms with Crippen molar-refractivity contribution in [1.29, 1.82) is 0 Å². The Kier molecular flexibility index (Phi) is 6.20. The highest BCUT2D eigenvalue weighted by Crippen LogP contribution is 2.21. The van der Waals surface area contributed by atoms with E-state index in [4.69, 9.17) is 4.74 Å². The highest BCUT2D eigenvalue weighted by molar-refractivity contribution is 5.94. The van der Waals surface area contributed by atoms with E-state index in [1.54, 1.807) is 0 Å². The first-order valence-electron chi connectivity index (χ1n) is 8.96. The molecule has 0 bridgehead atoms. The summed E-state index contributed by atoms with van der Waals surface area (Å²) in [5, 5.41) is 3.01. The number of aryl methyl sites for hydroxylation is 1. The zero-order valence-electron chi connectivity index (χ0n) is 14.8. The third-order valence-electron chi connectivity index (χ3n) is 4.54. The SMILES string of the molecule is Cc1cccc(C(=O)NCCCN2CCO[C@@H](c3ccccc3)C2)c1. The Morgan fingerprint density at radius 1 is 1.20 bits per heavy atom. The molecular weight excluding hydrogens is 312 g/mol. The van der Waals surface area contributed by atoms with Gasteiger partial charge < -0.3 is 10.1 Å². The lowest BCUT2D eigenvalue weighted by Gasteiger charge is -2.33. The van der Waals surface area contributed by atoms with Gasteiger partial charge in [-0.15, -0.1) is 0 Å². The van der Waals surface area contributed by atoms with E-state index in [-0.39, 0.29) is 12.0 Å². The summed E-state index contributed by atoms with van der Waals surface area (Å²) in [6, 6.07) is 18.1. The minimum atomic E-state index is 0.00726. The van der Waals surface area contributed by atoms with Crippen LogP contribution in [0.4, 0.5) is 0 Å². The number of amides is 1. The molecule has 0 aromatic heterocycles. The van der Waals surface area contributed by atoms with Crippen LogP contribution in [0.25, 0.3) is 0 Å². The number of morpholine rings is 1. The predicted octanol–water partition coefficient (Wildman–Crippen LogP) is 3.19. The normalized spacial score (nSPS) is 18.0. The van der Waals surface area contributed by atoms with E-state index in [0.717, 1.165) is 43.8 Å². The first kappa shape index (κ1) is 17.6. The highest BCUT2D eigenvalue weighted by atomic mass is 16.5. The molecule has 4 nitrogen and oxygen atoms in total. The molecule has 0 unspecified atom stereocenters. The van der Waals surface area contributed by atoms with E-state index < -0.39 is 0 Å². The van der Waals surface area contributed by atoms with Crippen LogP contribution < -0.4 is 5.32 Å². The molecule has 4 heteroatoms. The average molecular weight is 338 g/mol. The van der Waals surface area contributed by atoms with E-state index in [0.29, 0.717) is 6.54 Å². The maximum atomic E-state index is 12.1. The van der Waals surface area contributed by atoms with Crippen LogP contribution in [-0.2, 0) is 4.74 Å². The van der Waals surface area contributed by atoms with Gasteiger partial charge in [-0.1, -0.05) is 48.0 Å². The van der Waals surface area contributed by atoms with E-state index in [1.165, 1.54) is 5.56 Å². The second kappa shape index (κ2) is 8.79. The standard InChI is InChI=1S/C21H26N2O2/c1-17-7-5-10-19(15-17)21(24)22-11-6-12-23-13-14-25-20(16-23)18-8-3-2-4-9-18/h2-5,7-10,15,20H,6,11-14,16H2,1H3,(H,22,24)/t20-/m1/s1. The van der Waals surface area contributed by atoms with Crippen LogP contribution >= 0.6 is 0 Å². The molecule has 0 saturated carbocycles. The molecule has 0 aliphatic carbocycles. The maximum Gasteiger partial charge on any atom is 0.251 e. The summed E-state index contributed by atoms with van der Waals surface area (Å²) in [5.74, 6) is 0.00726. The third kappa shape index (κ3) is 5.15. The third-order valence-corrected chi connectivity index (χ3v) is 4.54. The van der Waals surface area contributed by atoms with Crippen molar-refractivity contribution in [1.82, 2.24) is 10.2 Å². The molecule has 25 heavy (non-hydrogen) atoms. The van der Waals surface area contributed by atoms with Crippen LogP contribution in [0.5, 0.6) is 0 Å². The van der Waals surface area contributed by atoms with Gasteiger partial charge in [0.2, 0.25) is 0 Å². The van der Waals surface area contributed by atoms with Crippen LogP contribution in [0.15, 0.2) is 54.6 Å². The van der Waals surface area contributed by atoms with Crippen molar-refractivity contribution in [2.24, 2.45) is 0 Å². The fourth-order valence-corrected chi connectivity index (χ4v) is 3.17.